The first-order valence-electron chi connectivity index (χ1n) is 8.26. The van der Waals surface area contributed by atoms with Gasteiger partial charge in [0.15, 0.2) is 0 Å². The molecule has 1 saturated heterocycles. The van der Waals surface area contributed by atoms with Crippen LogP contribution in [0.5, 0.6) is 5.75 Å². The van der Waals surface area contributed by atoms with Crippen LogP contribution < -0.4 is 10.1 Å². The molecule has 0 bridgehead atoms. The molecule has 0 unspecified atom stereocenters. The Bertz CT molecular complexity index is 753. The highest BCUT2D eigenvalue weighted by molar-refractivity contribution is 6.01. The fraction of sp³-hybridized carbons (Fsp3) is 0.333. The van der Waals surface area contributed by atoms with Crippen molar-refractivity contribution >= 4 is 17.7 Å². The number of amides is 1. The maximum Gasteiger partial charge on any atom is 0.387 e. The number of nitrogens with zero attached hydrogens (tertiary/aromatic N) is 2. The molecule has 3 rings (SSSR count). The molecule has 0 spiro atoms. The Kier molecular flexibility index (Phi) is 5.96. The van der Waals surface area contributed by atoms with Crippen molar-refractivity contribution in [1.29, 1.82) is 0 Å². The van der Waals surface area contributed by atoms with Crippen LogP contribution in [0, 0.1) is 0 Å². The lowest BCUT2D eigenvalue weighted by Gasteiger charge is -2.08. The lowest BCUT2D eigenvalue weighted by molar-refractivity contribution is -0.111. The highest BCUT2D eigenvalue weighted by Crippen LogP contribution is 2.16. The minimum absolute atomic E-state index is 0.0697. The molecule has 0 radical (unpaired) electrons. The molecule has 2 heterocycles. The van der Waals surface area contributed by atoms with Gasteiger partial charge in [-0.2, -0.15) is 13.9 Å². The Morgan fingerprint density at radius 2 is 2.23 bits per heavy atom. The standard InChI is InChI=1S/C18H19F2N3O3/c19-18(20)26-15-6-3-13(4-7-15)5-8-17(24)22-14-10-21-23(11-14)12-16-2-1-9-25-16/h3-8,10-11,16,18H,1-2,9,12H2,(H,22,24)/b8-5+/t16-/m0/s1. The topological polar surface area (TPSA) is 65.4 Å². The minimum atomic E-state index is -2.86. The number of halogens is 2. The SMILES string of the molecule is O=C(/C=C/c1ccc(OC(F)F)cc1)Nc1cnn(C[C@@H]2CCCO2)c1. The van der Waals surface area contributed by atoms with Crippen LogP contribution in [0.2, 0.25) is 0 Å². The number of alkyl halides is 2. The van der Waals surface area contributed by atoms with E-state index in [0.717, 1.165) is 19.4 Å². The average Bonchev–Trinajstić information content (AvgIpc) is 3.26. The molecule has 0 saturated carbocycles. The number of carbonyl (C=O) groups is 1. The van der Waals surface area contributed by atoms with Crippen molar-refractivity contribution in [2.45, 2.75) is 32.1 Å². The van der Waals surface area contributed by atoms with Crippen LogP contribution in [0.4, 0.5) is 14.5 Å². The van der Waals surface area contributed by atoms with Crippen LogP contribution in [-0.4, -0.2) is 35.0 Å². The lowest BCUT2D eigenvalue weighted by atomic mass is 10.2. The monoisotopic (exact) mass is 363 g/mol. The van der Waals surface area contributed by atoms with E-state index < -0.39 is 6.61 Å². The second kappa shape index (κ2) is 8.57. The molecule has 1 atom stereocenters. The van der Waals surface area contributed by atoms with Gasteiger partial charge in [-0.05, 0) is 36.6 Å². The van der Waals surface area contributed by atoms with Crippen LogP contribution in [0.15, 0.2) is 42.7 Å². The zero-order valence-corrected chi connectivity index (χ0v) is 14.0. The summed E-state index contributed by atoms with van der Waals surface area (Å²) < 4.78 is 35.8. The molecule has 1 amide bonds. The van der Waals surface area contributed by atoms with Crippen LogP contribution in [0.25, 0.3) is 6.08 Å². The van der Waals surface area contributed by atoms with Gasteiger partial charge >= 0.3 is 6.61 Å². The molecule has 1 aliphatic heterocycles. The number of hydrogen-bond donors (Lipinski definition) is 1. The smallest absolute Gasteiger partial charge is 0.387 e. The van der Waals surface area contributed by atoms with Crippen LogP contribution in [-0.2, 0) is 16.1 Å². The third-order valence-corrected chi connectivity index (χ3v) is 3.85. The van der Waals surface area contributed by atoms with Gasteiger partial charge in [0.05, 0.1) is 24.5 Å². The summed E-state index contributed by atoms with van der Waals surface area (Å²) in [6.07, 6.45) is 8.54. The van der Waals surface area contributed by atoms with Crippen LogP contribution in [0.1, 0.15) is 18.4 Å². The van der Waals surface area contributed by atoms with E-state index in [2.05, 4.69) is 15.2 Å². The number of carbonyl (C=O) groups excluding carboxylic acids is 1. The molecule has 1 N–H and O–H groups in total. The number of nitrogens with one attached hydrogen (secondary N) is 1. The van der Waals surface area contributed by atoms with E-state index in [9.17, 15) is 13.6 Å². The van der Waals surface area contributed by atoms with Gasteiger partial charge in [-0.25, -0.2) is 0 Å². The zero-order chi connectivity index (χ0) is 18.4. The van der Waals surface area contributed by atoms with E-state index in [-0.39, 0.29) is 17.8 Å². The van der Waals surface area contributed by atoms with Crippen LogP contribution >= 0.6 is 0 Å². The van der Waals surface area contributed by atoms with Crippen LogP contribution in [0.3, 0.4) is 0 Å². The first kappa shape index (κ1) is 18.1. The lowest BCUT2D eigenvalue weighted by Crippen LogP contribution is -2.15. The van der Waals surface area contributed by atoms with Gasteiger partial charge in [-0.15, -0.1) is 0 Å². The quantitative estimate of drug-likeness (QED) is 0.767. The van der Waals surface area contributed by atoms with Crippen molar-refractivity contribution in [1.82, 2.24) is 9.78 Å². The first-order chi connectivity index (χ1) is 12.6. The van der Waals surface area contributed by atoms with Gasteiger partial charge in [0.1, 0.15) is 5.75 Å². The fourth-order valence-corrected chi connectivity index (χ4v) is 2.64. The third kappa shape index (κ3) is 5.38. The summed E-state index contributed by atoms with van der Waals surface area (Å²) in [4.78, 5) is 12.0. The van der Waals surface area contributed by atoms with E-state index in [1.54, 1.807) is 35.3 Å². The molecule has 1 fully saturated rings. The number of rotatable bonds is 7. The first-order valence-corrected chi connectivity index (χ1v) is 8.26. The number of ether oxygens (including phenoxy) is 2. The summed E-state index contributed by atoms with van der Waals surface area (Å²) in [6, 6.07) is 6.00. The molecule has 1 aromatic carbocycles. The Hall–Kier alpha value is -2.74. The normalized spacial score (nSPS) is 17.1. The summed E-state index contributed by atoms with van der Waals surface area (Å²) in [5, 5.41) is 6.93. The van der Waals surface area contributed by atoms with Gasteiger partial charge in [-0.3, -0.25) is 9.48 Å². The van der Waals surface area contributed by atoms with Crippen molar-refractivity contribution in [2.75, 3.05) is 11.9 Å². The average molecular weight is 363 g/mol. The van der Waals surface area contributed by atoms with Gasteiger partial charge in [0.25, 0.3) is 0 Å². The summed E-state index contributed by atoms with van der Waals surface area (Å²) in [5.74, 6) is -0.241. The van der Waals surface area contributed by atoms with E-state index in [1.807, 2.05) is 0 Å². The molecule has 6 nitrogen and oxygen atoms in total. The molecule has 26 heavy (non-hydrogen) atoms. The van der Waals surface area contributed by atoms with Crippen molar-refractivity contribution in [3.05, 3.63) is 48.3 Å². The van der Waals surface area contributed by atoms with E-state index >= 15 is 0 Å². The molecule has 0 aliphatic carbocycles. The van der Waals surface area contributed by atoms with Crippen molar-refractivity contribution < 1.29 is 23.0 Å². The zero-order valence-electron chi connectivity index (χ0n) is 14.0. The predicted molar refractivity (Wildman–Crippen MR) is 91.9 cm³/mol. The minimum Gasteiger partial charge on any atom is -0.435 e. The molecule has 1 aromatic heterocycles. The van der Waals surface area contributed by atoms with Crippen molar-refractivity contribution in [3.8, 4) is 5.75 Å². The number of hydrogen-bond acceptors (Lipinski definition) is 4. The second-order valence-corrected chi connectivity index (χ2v) is 5.86. The highest BCUT2D eigenvalue weighted by atomic mass is 19.3. The number of anilines is 1. The Balaban J connectivity index is 1.50. The van der Waals surface area contributed by atoms with E-state index in [4.69, 9.17) is 4.74 Å². The largest absolute Gasteiger partial charge is 0.435 e. The molecule has 8 heteroatoms. The Labute approximate surface area is 149 Å². The summed E-state index contributed by atoms with van der Waals surface area (Å²) in [6.45, 7) is -1.41. The number of benzene rings is 1. The van der Waals surface area contributed by atoms with E-state index in [1.165, 1.54) is 18.2 Å². The molecular formula is C18H19F2N3O3. The molecular weight excluding hydrogens is 344 g/mol. The maximum absolute atomic E-state index is 12.1. The van der Waals surface area contributed by atoms with Crippen molar-refractivity contribution in [2.24, 2.45) is 0 Å². The number of aromatic nitrogens is 2. The summed E-state index contributed by atoms with van der Waals surface area (Å²) in [5.41, 5.74) is 1.29. The maximum atomic E-state index is 12.1. The fourth-order valence-electron chi connectivity index (χ4n) is 2.64. The molecule has 2 aromatic rings. The van der Waals surface area contributed by atoms with Gasteiger partial charge in [0.2, 0.25) is 5.91 Å². The van der Waals surface area contributed by atoms with Crippen molar-refractivity contribution in [3.63, 3.8) is 0 Å². The Morgan fingerprint density at radius 1 is 1.42 bits per heavy atom. The molecule has 138 valence electrons. The summed E-state index contributed by atoms with van der Waals surface area (Å²) in [7, 11) is 0. The van der Waals surface area contributed by atoms with Gasteiger partial charge in [-0.1, -0.05) is 12.1 Å². The summed E-state index contributed by atoms with van der Waals surface area (Å²) >= 11 is 0. The highest BCUT2D eigenvalue weighted by Gasteiger charge is 2.16. The van der Waals surface area contributed by atoms with Gasteiger partial charge < -0.3 is 14.8 Å². The molecule has 1 aliphatic rings. The van der Waals surface area contributed by atoms with E-state index in [0.29, 0.717) is 17.8 Å². The predicted octanol–water partition coefficient (Wildman–Crippen LogP) is 3.32. The Morgan fingerprint density at radius 3 is 2.92 bits per heavy atom. The second-order valence-electron chi connectivity index (χ2n) is 5.86. The van der Waals surface area contributed by atoms with Gasteiger partial charge in [0, 0.05) is 18.9 Å². The third-order valence-electron chi connectivity index (χ3n) is 3.85.